The smallest absolute Gasteiger partial charge is 0.276 e. The van der Waals surface area contributed by atoms with E-state index in [4.69, 9.17) is 4.52 Å². The number of guanidine groups is 1. The van der Waals surface area contributed by atoms with Crippen LogP contribution in [0.15, 0.2) is 33.9 Å². The van der Waals surface area contributed by atoms with Crippen LogP contribution in [0.1, 0.15) is 33.0 Å². The lowest BCUT2D eigenvalue weighted by Crippen LogP contribution is -2.42. The molecule has 124 valence electrons. The third-order valence-electron chi connectivity index (χ3n) is 3.30. The van der Waals surface area contributed by atoms with Gasteiger partial charge in [-0.2, -0.15) is 4.98 Å². The molecule has 0 saturated carbocycles. The highest BCUT2D eigenvalue weighted by molar-refractivity contribution is 5.80. The van der Waals surface area contributed by atoms with E-state index in [9.17, 15) is 0 Å². The van der Waals surface area contributed by atoms with Crippen LogP contribution in [0.5, 0.6) is 0 Å². The lowest BCUT2D eigenvalue weighted by atomic mass is 10.3. The molecule has 23 heavy (non-hydrogen) atoms. The van der Waals surface area contributed by atoms with Crippen LogP contribution in [0.3, 0.4) is 0 Å². The predicted octanol–water partition coefficient (Wildman–Crippen LogP) is 2.03. The maximum atomic E-state index is 5.23. The molecule has 0 aliphatic rings. The average molecular weight is 316 g/mol. The second kappa shape index (κ2) is 8.87. The van der Waals surface area contributed by atoms with Gasteiger partial charge >= 0.3 is 0 Å². The van der Waals surface area contributed by atoms with Gasteiger partial charge in [0.2, 0.25) is 0 Å². The molecular formula is C16H24N6O. The summed E-state index contributed by atoms with van der Waals surface area (Å²) in [6.07, 6.45) is 3.36. The van der Waals surface area contributed by atoms with Crippen molar-refractivity contribution in [1.29, 1.82) is 0 Å². The van der Waals surface area contributed by atoms with Gasteiger partial charge in [-0.05, 0) is 32.4 Å². The summed E-state index contributed by atoms with van der Waals surface area (Å²) in [5.41, 5.74) is 0.682. The van der Waals surface area contributed by atoms with Crippen molar-refractivity contribution >= 4 is 5.96 Å². The van der Waals surface area contributed by atoms with Crippen LogP contribution in [0.4, 0.5) is 0 Å². The van der Waals surface area contributed by atoms with Crippen molar-refractivity contribution < 1.29 is 4.52 Å². The van der Waals surface area contributed by atoms with Crippen molar-refractivity contribution in [1.82, 2.24) is 25.8 Å². The number of rotatable bonds is 7. The molecule has 7 nitrogen and oxygen atoms in total. The Kier molecular flexibility index (Phi) is 6.53. The van der Waals surface area contributed by atoms with Gasteiger partial charge in [-0.1, -0.05) is 18.1 Å². The van der Waals surface area contributed by atoms with Gasteiger partial charge in [-0.15, -0.1) is 0 Å². The van der Waals surface area contributed by atoms with Crippen LogP contribution < -0.4 is 10.6 Å². The van der Waals surface area contributed by atoms with Gasteiger partial charge in [-0.3, -0.25) is 9.98 Å². The number of hydrogen-bond acceptors (Lipinski definition) is 5. The number of aromatic nitrogens is 3. The molecule has 2 heterocycles. The quantitative estimate of drug-likeness (QED) is 0.600. The molecule has 2 aromatic rings. The van der Waals surface area contributed by atoms with Crippen LogP contribution in [0.2, 0.25) is 0 Å². The van der Waals surface area contributed by atoms with Gasteiger partial charge < -0.3 is 15.2 Å². The first kappa shape index (κ1) is 16.9. The van der Waals surface area contributed by atoms with E-state index in [1.54, 1.807) is 6.20 Å². The highest BCUT2D eigenvalue weighted by Crippen LogP contribution is 2.13. The SMILES string of the molecule is CCNC(=NCCc1noc(-c2ccccn2)n1)NC(C)CC. The fourth-order valence-corrected chi connectivity index (χ4v) is 1.87. The fourth-order valence-electron chi connectivity index (χ4n) is 1.87. The third-order valence-corrected chi connectivity index (χ3v) is 3.30. The molecular weight excluding hydrogens is 292 g/mol. The fraction of sp³-hybridized carbons (Fsp3) is 0.500. The summed E-state index contributed by atoms with van der Waals surface area (Å²) in [6, 6.07) is 5.96. The molecule has 0 aromatic carbocycles. The lowest BCUT2D eigenvalue weighted by molar-refractivity contribution is 0.421. The van der Waals surface area contributed by atoms with E-state index in [0.717, 1.165) is 18.9 Å². The zero-order chi connectivity index (χ0) is 16.5. The Labute approximate surface area is 136 Å². The van der Waals surface area contributed by atoms with Gasteiger partial charge in [0.05, 0.1) is 0 Å². The molecule has 7 heteroatoms. The predicted molar refractivity (Wildman–Crippen MR) is 90.1 cm³/mol. The van der Waals surface area contributed by atoms with E-state index in [1.807, 2.05) is 25.1 Å². The van der Waals surface area contributed by atoms with Gasteiger partial charge in [0.15, 0.2) is 11.8 Å². The standard InChI is InChI=1S/C16H24N6O/c1-4-12(3)20-16(17-5-2)19-11-9-14-21-15(23-22-14)13-8-6-7-10-18-13/h6-8,10,12H,4-5,9,11H2,1-3H3,(H2,17,19,20). The summed E-state index contributed by atoms with van der Waals surface area (Å²) in [6.45, 7) is 7.73. The highest BCUT2D eigenvalue weighted by Gasteiger charge is 2.09. The molecule has 0 aliphatic carbocycles. The topological polar surface area (TPSA) is 88.2 Å². The van der Waals surface area contributed by atoms with Crippen LogP contribution in [0.25, 0.3) is 11.6 Å². The van der Waals surface area contributed by atoms with E-state index >= 15 is 0 Å². The lowest BCUT2D eigenvalue weighted by Gasteiger charge is -2.15. The molecule has 2 N–H and O–H groups in total. The maximum Gasteiger partial charge on any atom is 0.276 e. The van der Waals surface area contributed by atoms with E-state index in [1.165, 1.54) is 0 Å². The first-order valence-electron chi connectivity index (χ1n) is 8.01. The van der Waals surface area contributed by atoms with Crippen LogP contribution >= 0.6 is 0 Å². The Morgan fingerprint density at radius 2 is 2.22 bits per heavy atom. The largest absolute Gasteiger partial charge is 0.357 e. The zero-order valence-electron chi connectivity index (χ0n) is 13.9. The second-order valence-corrected chi connectivity index (χ2v) is 5.20. The number of nitrogens with one attached hydrogen (secondary N) is 2. The minimum atomic E-state index is 0.383. The zero-order valence-corrected chi connectivity index (χ0v) is 13.9. The molecule has 0 amide bonds. The molecule has 2 aromatic heterocycles. The molecule has 1 unspecified atom stereocenters. The molecule has 0 saturated heterocycles. The summed E-state index contributed by atoms with van der Waals surface area (Å²) >= 11 is 0. The summed E-state index contributed by atoms with van der Waals surface area (Å²) in [4.78, 5) is 13.1. The Hall–Kier alpha value is -2.44. The molecule has 1 atom stereocenters. The maximum absolute atomic E-state index is 5.23. The number of pyridine rings is 1. The summed E-state index contributed by atoms with van der Waals surface area (Å²) in [5.74, 6) is 1.89. The van der Waals surface area contributed by atoms with Crippen LogP contribution in [0, 0.1) is 0 Å². The van der Waals surface area contributed by atoms with Crippen molar-refractivity contribution in [3.63, 3.8) is 0 Å². The van der Waals surface area contributed by atoms with E-state index in [2.05, 4.69) is 44.6 Å². The van der Waals surface area contributed by atoms with Crippen molar-refractivity contribution in [3.05, 3.63) is 30.2 Å². The van der Waals surface area contributed by atoms with Crippen molar-refractivity contribution in [2.24, 2.45) is 4.99 Å². The Morgan fingerprint density at radius 3 is 2.91 bits per heavy atom. The molecule has 2 rings (SSSR count). The van der Waals surface area contributed by atoms with Crippen molar-refractivity contribution in [3.8, 4) is 11.6 Å². The molecule has 0 fully saturated rings. The first-order chi connectivity index (χ1) is 11.2. The van der Waals surface area contributed by atoms with Crippen LogP contribution in [-0.4, -0.2) is 40.2 Å². The molecule has 0 bridgehead atoms. The normalized spacial score (nSPS) is 12.9. The highest BCUT2D eigenvalue weighted by atomic mass is 16.5. The van der Waals surface area contributed by atoms with Gasteiger partial charge in [0.1, 0.15) is 5.69 Å². The summed E-state index contributed by atoms with van der Waals surface area (Å²) < 4.78 is 5.23. The summed E-state index contributed by atoms with van der Waals surface area (Å²) in [7, 11) is 0. The Morgan fingerprint density at radius 1 is 1.35 bits per heavy atom. The molecule has 0 aliphatic heterocycles. The first-order valence-corrected chi connectivity index (χ1v) is 8.01. The summed E-state index contributed by atoms with van der Waals surface area (Å²) in [5, 5.41) is 10.6. The van der Waals surface area contributed by atoms with Crippen molar-refractivity contribution in [2.75, 3.05) is 13.1 Å². The average Bonchev–Trinajstić information content (AvgIpc) is 3.04. The Bertz CT molecular complexity index is 610. The number of hydrogen-bond donors (Lipinski definition) is 2. The third kappa shape index (κ3) is 5.36. The minimum absolute atomic E-state index is 0.383. The minimum Gasteiger partial charge on any atom is -0.357 e. The monoisotopic (exact) mass is 316 g/mol. The Balaban J connectivity index is 1.92. The van der Waals surface area contributed by atoms with Gasteiger partial charge in [0.25, 0.3) is 5.89 Å². The van der Waals surface area contributed by atoms with Crippen LogP contribution in [-0.2, 0) is 6.42 Å². The van der Waals surface area contributed by atoms with E-state index in [0.29, 0.717) is 36.4 Å². The molecule has 0 radical (unpaired) electrons. The van der Waals surface area contributed by atoms with E-state index < -0.39 is 0 Å². The van der Waals surface area contributed by atoms with E-state index in [-0.39, 0.29) is 0 Å². The number of nitrogens with zero attached hydrogens (tertiary/aromatic N) is 4. The number of aliphatic imine (C=N–C) groups is 1. The molecule has 0 spiro atoms. The van der Waals surface area contributed by atoms with Gasteiger partial charge in [-0.25, -0.2) is 0 Å². The second-order valence-electron chi connectivity index (χ2n) is 5.20. The van der Waals surface area contributed by atoms with Crippen molar-refractivity contribution in [2.45, 2.75) is 39.7 Å². The van der Waals surface area contributed by atoms with Gasteiger partial charge in [0, 0.05) is 31.7 Å².